The van der Waals surface area contributed by atoms with Crippen LogP contribution in [0, 0.1) is 11.8 Å². The maximum atomic E-state index is 12.7. The second-order valence-corrected chi connectivity index (χ2v) is 8.44. The van der Waals surface area contributed by atoms with Crippen LogP contribution in [0.3, 0.4) is 0 Å². The fourth-order valence-corrected chi connectivity index (χ4v) is 4.30. The van der Waals surface area contributed by atoms with E-state index in [1.165, 1.54) is 5.56 Å². The van der Waals surface area contributed by atoms with E-state index in [1.54, 1.807) is 0 Å². The first-order chi connectivity index (χ1) is 15.2. The van der Waals surface area contributed by atoms with Gasteiger partial charge < -0.3 is 24.6 Å². The molecule has 176 valence electrons. The molecule has 8 nitrogen and oxygen atoms in total. The second kappa shape index (κ2) is 9.14. The number of carbonyl (C=O) groups excluding carboxylic acids is 1. The van der Waals surface area contributed by atoms with E-state index in [9.17, 15) is 18.0 Å². The van der Waals surface area contributed by atoms with Gasteiger partial charge in [0.15, 0.2) is 11.5 Å². The zero-order valence-corrected chi connectivity index (χ0v) is 17.3. The third-order valence-corrected chi connectivity index (χ3v) is 6.02. The van der Waals surface area contributed by atoms with Gasteiger partial charge in [0.05, 0.1) is 12.0 Å². The number of halogens is 3. The Morgan fingerprint density at radius 2 is 1.84 bits per heavy atom. The van der Waals surface area contributed by atoms with Gasteiger partial charge in [-0.25, -0.2) is 4.79 Å². The Bertz CT molecular complexity index is 860. The number of carbonyl (C=O) groups is 2. The Morgan fingerprint density at radius 3 is 2.53 bits per heavy atom. The van der Waals surface area contributed by atoms with Crippen LogP contribution in [-0.2, 0) is 20.9 Å². The maximum absolute atomic E-state index is 12.7. The van der Waals surface area contributed by atoms with Crippen LogP contribution in [0.1, 0.15) is 24.8 Å². The molecule has 3 fully saturated rings. The van der Waals surface area contributed by atoms with Gasteiger partial charge in [0.1, 0.15) is 0 Å². The number of aliphatic carboxylic acids is 1. The first-order valence-electron chi connectivity index (χ1n) is 10.5. The van der Waals surface area contributed by atoms with Crippen molar-refractivity contribution in [3.05, 3.63) is 23.8 Å². The van der Waals surface area contributed by atoms with Crippen molar-refractivity contribution in [1.82, 2.24) is 10.2 Å². The first-order valence-corrected chi connectivity index (χ1v) is 10.5. The molecule has 3 aliphatic heterocycles. The van der Waals surface area contributed by atoms with Gasteiger partial charge in [0.25, 0.3) is 0 Å². The number of alkyl halides is 3. The quantitative estimate of drug-likeness (QED) is 0.714. The molecule has 11 heteroatoms. The number of hydrogen-bond acceptors (Lipinski definition) is 6. The number of ether oxygens (including phenoxy) is 3. The summed E-state index contributed by atoms with van der Waals surface area (Å²) < 4.78 is 48.5. The van der Waals surface area contributed by atoms with E-state index in [2.05, 4.69) is 16.3 Å². The maximum Gasteiger partial charge on any atom is 0.490 e. The zero-order chi connectivity index (χ0) is 22.9. The Kier molecular flexibility index (Phi) is 6.47. The van der Waals surface area contributed by atoms with Gasteiger partial charge in [-0.15, -0.1) is 0 Å². The molecule has 2 saturated heterocycles. The summed E-state index contributed by atoms with van der Waals surface area (Å²) in [5.74, 6) is -0.510. The standard InChI is InChI=1S/C19H24N2O4.C2HF3O2/c22-19(20-13-2-3-13)15-9-21(10-18-14(15)5-6-23-18)8-12-1-4-16-17(7-12)25-11-24-16;3-2(4,5)1(6)7/h1,4,7,13-15,18H,2-3,5-6,8-11H2,(H,20,22);(H,6,7)/t14-,15-,18+;/m0./s1. The molecule has 32 heavy (non-hydrogen) atoms. The first kappa shape index (κ1) is 22.7. The van der Waals surface area contributed by atoms with Crippen molar-refractivity contribution in [3.63, 3.8) is 0 Å². The van der Waals surface area contributed by atoms with E-state index in [-0.39, 0.29) is 17.9 Å². The average molecular weight is 458 g/mol. The number of carboxylic acids is 1. The molecule has 0 spiro atoms. The number of fused-ring (bicyclic) bond motifs is 2. The topological polar surface area (TPSA) is 97.3 Å². The third kappa shape index (κ3) is 5.44. The lowest BCUT2D eigenvalue weighted by Crippen LogP contribution is -2.52. The number of hydrogen-bond donors (Lipinski definition) is 2. The molecule has 1 aromatic carbocycles. The Morgan fingerprint density at radius 1 is 1.12 bits per heavy atom. The predicted octanol–water partition coefficient (Wildman–Crippen LogP) is 2.16. The van der Waals surface area contributed by atoms with Crippen LogP contribution in [0.5, 0.6) is 11.5 Å². The van der Waals surface area contributed by atoms with Crippen LogP contribution in [0.15, 0.2) is 18.2 Å². The van der Waals surface area contributed by atoms with Crippen LogP contribution < -0.4 is 14.8 Å². The molecule has 3 heterocycles. The number of amides is 1. The number of nitrogens with zero attached hydrogens (tertiary/aromatic N) is 1. The SMILES string of the molecule is O=C(NC1CC1)[C@H]1CN(Cc2ccc3c(c2)OCO3)C[C@H]2OCC[C@@H]12.O=C(O)C(F)(F)F. The summed E-state index contributed by atoms with van der Waals surface area (Å²) in [5.41, 5.74) is 1.18. The van der Waals surface area contributed by atoms with Crippen molar-refractivity contribution >= 4 is 11.9 Å². The number of benzene rings is 1. The fraction of sp³-hybridized carbons (Fsp3) is 0.619. The summed E-state index contributed by atoms with van der Waals surface area (Å²) >= 11 is 0. The molecule has 4 aliphatic rings. The summed E-state index contributed by atoms with van der Waals surface area (Å²) in [5, 5.41) is 10.3. The lowest BCUT2D eigenvalue weighted by Gasteiger charge is -2.39. The third-order valence-electron chi connectivity index (χ3n) is 6.02. The van der Waals surface area contributed by atoms with E-state index in [0.717, 1.165) is 57.0 Å². The second-order valence-electron chi connectivity index (χ2n) is 8.44. The molecule has 2 N–H and O–H groups in total. The number of likely N-dealkylation sites (tertiary alicyclic amines) is 1. The zero-order valence-electron chi connectivity index (χ0n) is 17.3. The van der Waals surface area contributed by atoms with Gasteiger partial charge >= 0.3 is 12.1 Å². The van der Waals surface area contributed by atoms with Gasteiger partial charge in [0.2, 0.25) is 12.7 Å². The summed E-state index contributed by atoms with van der Waals surface area (Å²) in [7, 11) is 0. The highest BCUT2D eigenvalue weighted by atomic mass is 19.4. The molecule has 3 atom stereocenters. The van der Waals surface area contributed by atoms with Crippen molar-refractivity contribution in [1.29, 1.82) is 0 Å². The molecular weight excluding hydrogens is 433 g/mol. The fourth-order valence-electron chi connectivity index (χ4n) is 4.30. The van der Waals surface area contributed by atoms with Gasteiger partial charge in [-0.1, -0.05) is 6.07 Å². The minimum atomic E-state index is -5.08. The van der Waals surface area contributed by atoms with Crippen molar-refractivity contribution in [2.24, 2.45) is 11.8 Å². The highest BCUT2D eigenvalue weighted by Crippen LogP contribution is 2.36. The van der Waals surface area contributed by atoms with Crippen LogP contribution in [0.2, 0.25) is 0 Å². The van der Waals surface area contributed by atoms with E-state index >= 15 is 0 Å². The van der Waals surface area contributed by atoms with Crippen LogP contribution in [0.4, 0.5) is 13.2 Å². The summed E-state index contributed by atoms with van der Waals surface area (Å²) in [6.07, 6.45) is -1.64. The van der Waals surface area contributed by atoms with Crippen molar-refractivity contribution in [2.75, 3.05) is 26.5 Å². The van der Waals surface area contributed by atoms with E-state index in [0.29, 0.717) is 18.8 Å². The van der Waals surface area contributed by atoms with Crippen LogP contribution in [-0.4, -0.2) is 66.7 Å². The summed E-state index contributed by atoms with van der Waals surface area (Å²) in [6.45, 7) is 3.57. The lowest BCUT2D eigenvalue weighted by molar-refractivity contribution is -0.192. The highest BCUT2D eigenvalue weighted by Gasteiger charge is 2.44. The normalized spacial score (nSPS) is 26.7. The van der Waals surface area contributed by atoms with Crippen molar-refractivity contribution in [3.8, 4) is 11.5 Å². The minimum absolute atomic E-state index is 0.0378. The molecule has 5 rings (SSSR count). The van der Waals surface area contributed by atoms with Gasteiger partial charge in [-0.05, 0) is 37.0 Å². The van der Waals surface area contributed by atoms with Gasteiger partial charge in [-0.2, -0.15) is 13.2 Å². The molecule has 0 unspecified atom stereocenters. The van der Waals surface area contributed by atoms with Crippen molar-refractivity contribution in [2.45, 2.75) is 44.1 Å². The molecule has 1 amide bonds. The summed E-state index contributed by atoms with van der Waals surface area (Å²) in [6, 6.07) is 6.50. The lowest BCUT2D eigenvalue weighted by atomic mass is 9.82. The number of nitrogens with one attached hydrogen (secondary N) is 1. The van der Waals surface area contributed by atoms with Gasteiger partial charge in [0, 0.05) is 38.2 Å². The van der Waals surface area contributed by atoms with E-state index in [1.807, 2.05) is 12.1 Å². The van der Waals surface area contributed by atoms with Crippen molar-refractivity contribution < 1.29 is 42.1 Å². The average Bonchev–Trinajstić information content (AvgIpc) is 3.22. The molecule has 1 aromatic rings. The highest BCUT2D eigenvalue weighted by molar-refractivity contribution is 5.80. The molecule has 1 aliphatic carbocycles. The smallest absolute Gasteiger partial charge is 0.475 e. The Balaban J connectivity index is 0.000000307. The van der Waals surface area contributed by atoms with E-state index < -0.39 is 12.1 Å². The molecular formula is C21H25F3N2O6. The predicted molar refractivity (Wildman–Crippen MR) is 104 cm³/mol. The Hall–Kier alpha value is -2.53. The number of piperidine rings is 1. The molecule has 1 saturated carbocycles. The minimum Gasteiger partial charge on any atom is -0.475 e. The summed E-state index contributed by atoms with van der Waals surface area (Å²) in [4.78, 5) is 24.0. The Labute approximate surface area is 182 Å². The van der Waals surface area contributed by atoms with Crippen LogP contribution in [0.25, 0.3) is 0 Å². The van der Waals surface area contributed by atoms with E-state index in [4.69, 9.17) is 24.1 Å². The largest absolute Gasteiger partial charge is 0.490 e. The number of carboxylic acid groups (broad SMARTS) is 1. The van der Waals surface area contributed by atoms with Crippen LogP contribution >= 0.6 is 0 Å². The molecule has 0 bridgehead atoms. The monoisotopic (exact) mass is 458 g/mol. The number of rotatable bonds is 4. The van der Waals surface area contributed by atoms with Gasteiger partial charge in [-0.3, -0.25) is 9.69 Å². The molecule has 0 radical (unpaired) electrons. The molecule has 0 aromatic heterocycles.